The fourth-order valence-corrected chi connectivity index (χ4v) is 4.58. The Hall–Kier alpha value is -2.15. The molecule has 6 rings (SSSR count). The van der Waals surface area contributed by atoms with Crippen LogP contribution in [0, 0.1) is 11.7 Å². The van der Waals surface area contributed by atoms with Crippen molar-refractivity contribution in [3.8, 4) is 5.75 Å². The first kappa shape index (κ1) is 17.0. The van der Waals surface area contributed by atoms with Gasteiger partial charge in [0.1, 0.15) is 11.6 Å². The second-order valence-electron chi connectivity index (χ2n) is 8.27. The van der Waals surface area contributed by atoms with Gasteiger partial charge in [0.15, 0.2) is 6.61 Å². The molecule has 1 N–H and O–H groups in total. The Morgan fingerprint density at radius 3 is 2.81 bits per heavy atom. The number of ether oxygens (including phenoxy) is 1. The zero-order chi connectivity index (χ0) is 18.8. The van der Waals surface area contributed by atoms with Crippen LogP contribution in [-0.4, -0.2) is 28.3 Å². The molecule has 4 fully saturated rings. The first-order valence-corrected chi connectivity index (χ1v) is 9.49. The van der Waals surface area contributed by atoms with E-state index in [1.807, 2.05) is 0 Å². The molecule has 4 aliphatic rings. The van der Waals surface area contributed by atoms with Crippen LogP contribution in [0.4, 0.5) is 4.39 Å². The molecule has 1 heterocycles. The van der Waals surface area contributed by atoms with E-state index < -0.39 is 5.82 Å². The fourth-order valence-electron chi connectivity index (χ4n) is 4.46. The summed E-state index contributed by atoms with van der Waals surface area (Å²) in [6, 6.07) is 4.10. The number of amides is 1. The van der Waals surface area contributed by atoms with Gasteiger partial charge < -0.3 is 14.5 Å². The van der Waals surface area contributed by atoms with E-state index in [0.29, 0.717) is 17.7 Å². The van der Waals surface area contributed by atoms with Crippen LogP contribution in [0.5, 0.6) is 5.75 Å². The summed E-state index contributed by atoms with van der Waals surface area (Å²) in [5.41, 5.74) is -0.274. The summed E-state index contributed by atoms with van der Waals surface area (Å²) >= 11 is 5.63. The molecule has 4 saturated carbocycles. The van der Waals surface area contributed by atoms with Crippen LogP contribution in [-0.2, 0) is 10.2 Å². The molecule has 1 aromatic carbocycles. The van der Waals surface area contributed by atoms with Crippen LogP contribution in [0.25, 0.3) is 0 Å². The molecule has 0 spiro atoms. The maximum Gasteiger partial charge on any atom is 0.258 e. The molecular weight excluding hydrogens is 373 g/mol. The lowest BCUT2D eigenvalue weighted by Gasteiger charge is -2.68. The van der Waals surface area contributed by atoms with Crippen LogP contribution in [0.3, 0.4) is 0 Å². The number of carbonyl (C=O) groups excluding carboxylic acids is 1. The van der Waals surface area contributed by atoms with Crippen molar-refractivity contribution in [2.75, 3.05) is 6.61 Å². The summed E-state index contributed by atoms with van der Waals surface area (Å²) < 4.78 is 24.6. The Kier molecular flexibility index (Phi) is 3.57. The predicted molar refractivity (Wildman–Crippen MR) is 94.1 cm³/mol. The van der Waals surface area contributed by atoms with Crippen molar-refractivity contribution in [3.05, 3.63) is 40.8 Å². The zero-order valence-corrected chi connectivity index (χ0v) is 15.6. The van der Waals surface area contributed by atoms with Gasteiger partial charge in [-0.3, -0.25) is 4.79 Å². The van der Waals surface area contributed by atoms with Crippen molar-refractivity contribution in [1.82, 2.24) is 15.5 Å². The minimum Gasteiger partial charge on any atom is -0.484 e. The van der Waals surface area contributed by atoms with Gasteiger partial charge in [-0.25, -0.2) is 4.39 Å². The minimum atomic E-state index is -0.574. The summed E-state index contributed by atoms with van der Waals surface area (Å²) in [6.45, 7) is 2.01. The highest BCUT2D eigenvalue weighted by molar-refractivity contribution is 6.30. The summed E-state index contributed by atoms with van der Waals surface area (Å²) in [6.07, 6.45) is 3.54. The first-order valence-electron chi connectivity index (χ1n) is 9.11. The van der Waals surface area contributed by atoms with Gasteiger partial charge in [0.25, 0.3) is 5.91 Å². The molecule has 2 atom stereocenters. The molecule has 0 radical (unpaired) electrons. The number of rotatable bonds is 6. The van der Waals surface area contributed by atoms with Gasteiger partial charge in [0.05, 0.1) is 10.4 Å². The van der Waals surface area contributed by atoms with Gasteiger partial charge in [0.2, 0.25) is 11.8 Å². The predicted octanol–water partition coefficient (Wildman–Crippen LogP) is 3.35. The van der Waals surface area contributed by atoms with E-state index in [9.17, 15) is 9.18 Å². The molecule has 1 amide bonds. The average molecular weight is 392 g/mol. The number of aromatic nitrogens is 2. The van der Waals surface area contributed by atoms with Crippen LogP contribution in [0.2, 0.25) is 5.02 Å². The normalized spacial score (nSPS) is 33.0. The van der Waals surface area contributed by atoms with E-state index in [2.05, 4.69) is 22.4 Å². The summed E-state index contributed by atoms with van der Waals surface area (Å²) in [7, 11) is 0. The van der Waals surface area contributed by atoms with Gasteiger partial charge in [-0.15, -0.1) is 10.2 Å². The van der Waals surface area contributed by atoms with Gasteiger partial charge in [-0.05, 0) is 43.7 Å². The van der Waals surface area contributed by atoms with E-state index in [1.54, 1.807) is 0 Å². The van der Waals surface area contributed by atoms with Crippen molar-refractivity contribution in [1.29, 1.82) is 0 Å². The molecule has 1 aromatic heterocycles. The Balaban J connectivity index is 1.13. The zero-order valence-electron chi connectivity index (χ0n) is 14.8. The largest absolute Gasteiger partial charge is 0.484 e. The van der Waals surface area contributed by atoms with Crippen LogP contribution in [0.1, 0.15) is 50.3 Å². The SMILES string of the molecule is CC1C[C@@H]1c1nnc(C23CC(NC(=O)COc4ccc(Cl)c(F)c4)(C2)C3)o1. The molecule has 8 heteroatoms. The number of hydrogen-bond donors (Lipinski definition) is 1. The van der Waals surface area contributed by atoms with Crippen molar-refractivity contribution in [3.63, 3.8) is 0 Å². The lowest BCUT2D eigenvalue weighted by Crippen LogP contribution is -2.77. The van der Waals surface area contributed by atoms with E-state index >= 15 is 0 Å². The number of benzene rings is 1. The molecule has 142 valence electrons. The van der Waals surface area contributed by atoms with E-state index in [1.165, 1.54) is 18.2 Å². The number of hydrogen-bond acceptors (Lipinski definition) is 5. The minimum absolute atomic E-state index is 0.0197. The quantitative estimate of drug-likeness (QED) is 0.817. The molecular formula is C19H19ClFN3O3. The number of carbonyl (C=O) groups is 1. The lowest BCUT2D eigenvalue weighted by molar-refractivity contribution is -0.143. The third kappa shape index (κ3) is 2.79. The molecule has 27 heavy (non-hydrogen) atoms. The third-order valence-electron chi connectivity index (χ3n) is 6.02. The summed E-state index contributed by atoms with van der Waals surface area (Å²) in [5, 5.41) is 11.5. The molecule has 2 aromatic rings. The Morgan fingerprint density at radius 2 is 2.15 bits per heavy atom. The highest BCUT2D eigenvalue weighted by atomic mass is 35.5. The second kappa shape index (κ2) is 5.67. The molecule has 0 saturated heterocycles. The Bertz CT molecular complexity index is 911. The van der Waals surface area contributed by atoms with Gasteiger partial charge in [-0.2, -0.15) is 0 Å². The van der Waals surface area contributed by atoms with E-state index in [0.717, 1.165) is 31.6 Å². The summed E-state index contributed by atoms with van der Waals surface area (Å²) in [4.78, 5) is 12.2. The number of nitrogens with one attached hydrogen (secondary N) is 1. The van der Waals surface area contributed by atoms with Crippen LogP contribution < -0.4 is 10.1 Å². The maximum absolute atomic E-state index is 13.4. The lowest BCUT2D eigenvalue weighted by atomic mass is 9.39. The van der Waals surface area contributed by atoms with Gasteiger partial charge in [-0.1, -0.05) is 18.5 Å². The summed E-state index contributed by atoms with van der Waals surface area (Å²) in [5.74, 6) is 1.98. The molecule has 4 aliphatic carbocycles. The monoisotopic (exact) mass is 391 g/mol. The Labute approximate surface area is 160 Å². The number of nitrogens with zero attached hydrogens (tertiary/aromatic N) is 2. The van der Waals surface area contributed by atoms with Crippen molar-refractivity contribution < 1.29 is 18.3 Å². The van der Waals surface area contributed by atoms with E-state index in [-0.39, 0.29) is 34.2 Å². The number of halogens is 2. The highest BCUT2D eigenvalue weighted by Crippen LogP contribution is 2.67. The van der Waals surface area contributed by atoms with Gasteiger partial charge in [0, 0.05) is 17.5 Å². The Morgan fingerprint density at radius 1 is 1.41 bits per heavy atom. The topological polar surface area (TPSA) is 77.2 Å². The third-order valence-corrected chi connectivity index (χ3v) is 6.32. The van der Waals surface area contributed by atoms with Gasteiger partial charge >= 0.3 is 0 Å². The van der Waals surface area contributed by atoms with E-state index in [4.69, 9.17) is 20.8 Å². The highest BCUT2D eigenvalue weighted by Gasteiger charge is 2.72. The molecule has 6 nitrogen and oxygen atoms in total. The molecule has 1 unspecified atom stereocenters. The van der Waals surface area contributed by atoms with Crippen LogP contribution in [0.15, 0.2) is 22.6 Å². The first-order chi connectivity index (χ1) is 12.9. The maximum atomic E-state index is 13.4. The molecule has 0 aliphatic heterocycles. The van der Waals surface area contributed by atoms with Crippen molar-refractivity contribution >= 4 is 17.5 Å². The van der Waals surface area contributed by atoms with Crippen molar-refractivity contribution in [2.45, 2.75) is 49.5 Å². The second-order valence-corrected chi connectivity index (χ2v) is 8.68. The fraction of sp³-hybridized carbons (Fsp3) is 0.526. The van der Waals surface area contributed by atoms with Crippen molar-refractivity contribution in [2.24, 2.45) is 5.92 Å². The smallest absolute Gasteiger partial charge is 0.258 e. The average Bonchev–Trinajstić information content (AvgIpc) is 3.10. The van der Waals surface area contributed by atoms with Crippen LogP contribution >= 0.6 is 11.6 Å². The molecule has 2 bridgehead atoms. The standard InChI is InChI=1S/C19H19ClFN3O3/c1-10-4-12(10)16-23-24-17(27-16)18-7-19(8-18,9-18)22-15(25)6-26-11-2-3-13(20)14(21)5-11/h2-3,5,10,12H,4,6-9H2,1H3,(H,22,25)/t10?,12-,18?,19?/m0/s1.